The molecule has 0 saturated heterocycles. The van der Waals surface area contributed by atoms with Crippen molar-refractivity contribution in [2.75, 3.05) is 12.8 Å². The summed E-state index contributed by atoms with van der Waals surface area (Å²) < 4.78 is 5.20. The van der Waals surface area contributed by atoms with Crippen LogP contribution in [0.5, 0.6) is 5.75 Å². The first-order valence-electron chi connectivity index (χ1n) is 4.93. The van der Waals surface area contributed by atoms with Crippen LogP contribution in [0.25, 0.3) is 11.1 Å². The maximum absolute atomic E-state index is 5.79. The first-order valence-corrected chi connectivity index (χ1v) is 4.93. The Balaban J connectivity index is 2.50. The van der Waals surface area contributed by atoms with E-state index in [-0.39, 0.29) is 0 Å². The number of nitrogen functional groups attached to an aromatic ring is 1. The second-order valence-corrected chi connectivity index (χ2v) is 3.51. The van der Waals surface area contributed by atoms with Gasteiger partial charge in [0.1, 0.15) is 17.9 Å². The monoisotopic (exact) mass is 215 g/mol. The molecule has 2 N–H and O–H groups in total. The highest BCUT2D eigenvalue weighted by molar-refractivity contribution is 5.73. The van der Waals surface area contributed by atoms with Crippen molar-refractivity contribution in [3.63, 3.8) is 0 Å². The molecule has 0 unspecified atom stereocenters. The molecule has 4 heteroatoms. The third kappa shape index (κ3) is 1.82. The summed E-state index contributed by atoms with van der Waals surface area (Å²) in [6.45, 7) is 1.99. The standard InChI is InChI=1S/C12H13N3O/c1-8-5-9(3-4-11(8)16-2)10-6-14-7-15-12(10)13/h3-7H,1-2H3,(H2,13,14,15). The largest absolute Gasteiger partial charge is 0.496 e. The average Bonchev–Trinajstić information content (AvgIpc) is 2.29. The van der Waals surface area contributed by atoms with Crippen LogP contribution in [0.1, 0.15) is 5.56 Å². The summed E-state index contributed by atoms with van der Waals surface area (Å²) in [4.78, 5) is 7.93. The first kappa shape index (κ1) is 10.4. The molecule has 0 amide bonds. The second kappa shape index (κ2) is 4.18. The number of benzene rings is 1. The molecule has 2 rings (SSSR count). The van der Waals surface area contributed by atoms with Crippen molar-refractivity contribution in [2.24, 2.45) is 0 Å². The molecule has 1 aromatic heterocycles. The summed E-state index contributed by atoms with van der Waals surface area (Å²) in [6, 6.07) is 5.87. The minimum atomic E-state index is 0.486. The van der Waals surface area contributed by atoms with Gasteiger partial charge in [-0.2, -0.15) is 0 Å². The van der Waals surface area contributed by atoms with E-state index in [9.17, 15) is 0 Å². The summed E-state index contributed by atoms with van der Waals surface area (Å²) in [5.74, 6) is 1.35. The van der Waals surface area contributed by atoms with Gasteiger partial charge in [0, 0.05) is 11.8 Å². The summed E-state index contributed by atoms with van der Waals surface area (Å²) in [5, 5.41) is 0. The molecule has 0 aliphatic carbocycles. The van der Waals surface area contributed by atoms with Crippen LogP contribution in [0, 0.1) is 6.92 Å². The Kier molecular flexibility index (Phi) is 2.72. The van der Waals surface area contributed by atoms with Gasteiger partial charge in [0.15, 0.2) is 0 Å². The van der Waals surface area contributed by atoms with Gasteiger partial charge in [0.05, 0.1) is 7.11 Å². The van der Waals surface area contributed by atoms with Gasteiger partial charge in [-0.25, -0.2) is 9.97 Å². The Hall–Kier alpha value is -2.10. The second-order valence-electron chi connectivity index (χ2n) is 3.51. The molecule has 0 aliphatic heterocycles. The Morgan fingerprint density at radius 2 is 2.12 bits per heavy atom. The number of rotatable bonds is 2. The maximum Gasteiger partial charge on any atom is 0.134 e. The summed E-state index contributed by atoms with van der Waals surface area (Å²) in [5.41, 5.74) is 8.69. The van der Waals surface area contributed by atoms with Gasteiger partial charge >= 0.3 is 0 Å². The molecule has 0 spiro atoms. The van der Waals surface area contributed by atoms with Crippen LogP contribution in [0.15, 0.2) is 30.7 Å². The van der Waals surface area contributed by atoms with Gasteiger partial charge in [-0.1, -0.05) is 6.07 Å². The quantitative estimate of drug-likeness (QED) is 0.832. The molecular formula is C12H13N3O. The lowest BCUT2D eigenvalue weighted by atomic mass is 10.1. The van der Waals surface area contributed by atoms with Crippen LogP contribution < -0.4 is 10.5 Å². The Morgan fingerprint density at radius 3 is 2.75 bits per heavy atom. The Bertz CT molecular complexity index is 511. The lowest BCUT2D eigenvalue weighted by Crippen LogP contribution is -1.95. The molecule has 0 aliphatic rings. The van der Waals surface area contributed by atoms with E-state index in [0.717, 1.165) is 22.4 Å². The third-order valence-electron chi connectivity index (χ3n) is 2.45. The molecule has 1 heterocycles. The van der Waals surface area contributed by atoms with Gasteiger partial charge in [0.2, 0.25) is 0 Å². The van der Waals surface area contributed by atoms with E-state index in [1.54, 1.807) is 13.3 Å². The van der Waals surface area contributed by atoms with Crippen LogP contribution in [-0.4, -0.2) is 17.1 Å². The smallest absolute Gasteiger partial charge is 0.134 e. The fraction of sp³-hybridized carbons (Fsp3) is 0.167. The predicted molar refractivity (Wildman–Crippen MR) is 63.2 cm³/mol. The molecule has 4 nitrogen and oxygen atoms in total. The van der Waals surface area contributed by atoms with Gasteiger partial charge in [-0.05, 0) is 30.2 Å². The minimum absolute atomic E-state index is 0.486. The fourth-order valence-electron chi connectivity index (χ4n) is 1.61. The van der Waals surface area contributed by atoms with Crippen LogP contribution in [0.4, 0.5) is 5.82 Å². The van der Waals surface area contributed by atoms with Gasteiger partial charge < -0.3 is 10.5 Å². The van der Waals surface area contributed by atoms with Gasteiger partial charge in [-0.3, -0.25) is 0 Å². The molecule has 16 heavy (non-hydrogen) atoms. The Labute approximate surface area is 94.1 Å². The summed E-state index contributed by atoms with van der Waals surface area (Å²) in [6.07, 6.45) is 3.15. The predicted octanol–water partition coefficient (Wildman–Crippen LogP) is 2.04. The summed E-state index contributed by atoms with van der Waals surface area (Å²) >= 11 is 0. The number of hydrogen-bond donors (Lipinski definition) is 1. The van der Waals surface area contributed by atoms with Crippen LogP contribution in [0.2, 0.25) is 0 Å². The van der Waals surface area contributed by atoms with E-state index in [4.69, 9.17) is 10.5 Å². The minimum Gasteiger partial charge on any atom is -0.496 e. The topological polar surface area (TPSA) is 61.0 Å². The van der Waals surface area contributed by atoms with E-state index in [1.807, 2.05) is 25.1 Å². The molecule has 0 saturated carbocycles. The molecule has 0 radical (unpaired) electrons. The highest BCUT2D eigenvalue weighted by atomic mass is 16.5. The highest BCUT2D eigenvalue weighted by Gasteiger charge is 2.05. The molecule has 0 atom stereocenters. The molecule has 2 aromatic rings. The van der Waals surface area contributed by atoms with Crippen molar-refractivity contribution in [3.05, 3.63) is 36.3 Å². The number of hydrogen-bond acceptors (Lipinski definition) is 4. The normalized spacial score (nSPS) is 10.1. The lowest BCUT2D eigenvalue weighted by Gasteiger charge is -2.08. The zero-order valence-electron chi connectivity index (χ0n) is 9.27. The number of nitrogens with zero attached hydrogens (tertiary/aromatic N) is 2. The molecule has 0 bridgehead atoms. The van der Waals surface area contributed by atoms with Crippen molar-refractivity contribution in [3.8, 4) is 16.9 Å². The molecular weight excluding hydrogens is 202 g/mol. The van der Waals surface area contributed by atoms with Gasteiger partial charge in [0.25, 0.3) is 0 Å². The number of anilines is 1. The maximum atomic E-state index is 5.79. The van der Waals surface area contributed by atoms with Crippen LogP contribution in [0.3, 0.4) is 0 Å². The Morgan fingerprint density at radius 1 is 1.31 bits per heavy atom. The van der Waals surface area contributed by atoms with Crippen LogP contribution in [-0.2, 0) is 0 Å². The first-order chi connectivity index (χ1) is 7.72. The lowest BCUT2D eigenvalue weighted by molar-refractivity contribution is 0.412. The van der Waals surface area contributed by atoms with Crippen molar-refractivity contribution < 1.29 is 4.74 Å². The third-order valence-corrected chi connectivity index (χ3v) is 2.45. The zero-order valence-corrected chi connectivity index (χ0v) is 9.27. The zero-order chi connectivity index (χ0) is 11.5. The van der Waals surface area contributed by atoms with Crippen molar-refractivity contribution in [1.82, 2.24) is 9.97 Å². The SMILES string of the molecule is COc1ccc(-c2cncnc2N)cc1C. The fourth-order valence-corrected chi connectivity index (χ4v) is 1.61. The number of nitrogens with two attached hydrogens (primary N) is 1. The van der Waals surface area contributed by atoms with Crippen LogP contribution >= 0.6 is 0 Å². The van der Waals surface area contributed by atoms with Crippen molar-refractivity contribution in [2.45, 2.75) is 6.92 Å². The van der Waals surface area contributed by atoms with E-state index >= 15 is 0 Å². The number of aromatic nitrogens is 2. The van der Waals surface area contributed by atoms with E-state index in [2.05, 4.69) is 9.97 Å². The van der Waals surface area contributed by atoms with Crippen molar-refractivity contribution in [1.29, 1.82) is 0 Å². The van der Waals surface area contributed by atoms with Crippen molar-refractivity contribution >= 4 is 5.82 Å². The number of methoxy groups -OCH3 is 1. The van der Waals surface area contributed by atoms with Gasteiger partial charge in [-0.15, -0.1) is 0 Å². The highest BCUT2D eigenvalue weighted by Crippen LogP contribution is 2.27. The molecule has 82 valence electrons. The van der Waals surface area contributed by atoms with E-state index < -0.39 is 0 Å². The van der Waals surface area contributed by atoms with E-state index in [1.165, 1.54) is 6.33 Å². The number of aryl methyl sites for hydroxylation is 1. The van der Waals surface area contributed by atoms with E-state index in [0.29, 0.717) is 5.82 Å². The summed E-state index contributed by atoms with van der Waals surface area (Å²) in [7, 11) is 1.65. The average molecular weight is 215 g/mol. The molecule has 1 aromatic carbocycles. The number of ether oxygens (including phenoxy) is 1. The molecule has 0 fully saturated rings.